The maximum atomic E-state index is 13.1. The number of carboxylic acid groups (broad SMARTS) is 1. The maximum Gasteiger partial charge on any atom is 1.00 e. The molecule has 1 aromatic heterocycles. The van der Waals surface area contributed by atoms with E-state index in [1.54, 1.807) is 31.2 Å². The average Bonchev–Trinajstić information content (AvgIpc) is 3.16. The van der Waals surface area contributed by atoms with Crippen LogP contribution < -0.4 is 40.0 Å². The minimum Gasteiger partial charge on any atom is -0.543 e. The molecule has 1 fully saturated rings. The van der Waals surface area contributed by atoms with Crippen LogP contribution in [0.4, 0.5) is 0 Å². The summed E-state index contributed by atoms with van der Waals surface area (Å²) in [7, 11) is 0. The first-order valence-corrected chi connectivity index (χ1v) is 11.2. The van der Waals surface area contributed by atoms with E-state index in [9.17, 15) is 24.3 Å². The molecule has 0 aliphatic carbocycles. The number of aliphatic carboxylic acids is 1. The molecule has 0 unspecified atom stereocenters. The number of ether oxygens (including phenoxy) is 1. The van der Waals surface area contributed by atoms with Crippen LogP contribution in [0.1, 0.15) is 23.0 Å². The molecule has 0 spiro atoms. The molecule has 4 rings (SSSR count). The molecule has 2 amide bonds. The number of halogens is 1. The molecule has 1 N–H and O–H groups in total. The number of amides is 2. The van der Waals surface area contributed by atoms with E-state index < -0.39 is 35.2 Å². The van der Waals surface area contributed by atoms with Gasteiger partial charge in [0.2, 0.25) is 0 Å². The Balaban J connectivity index is 0.00000324. The van der Waals surface area contributed by atoms with Gasteiger partial charge in [0, 0.05) is 23.8 Å². The summed E-state index contributed by atoms with van der Waals surface area (Å²) < 4.78 is 10.1. The number of carbonyl (C=O) groups excluding carboxylic acids is 4. The van der Waals surface area contributed by atoms with E-state index in [0.717, 1.165) is 4.90 Å². The molecule has 10 nitrogen and oxygen atoms in total. The van der Waals surface area contributed by atoms with Gasteiger partial charge in [0.25, 0.3) is 11.8 Å². The maximum absolute atomic E-state index is 13.1. The molecule has 2 atom stereocenters. The van der Waals surface area contributed by atoms with Gasteiger partial charge in [-0.15, -0.1) is 11.8 Å². The molecule has 2 aromatic rings. The van der Waals surface area contributed by atoms with Crippen molar-refractivity contribution in [3.05, 3.63) is 51.9 Å². The Morgan fingerprint density at radius 1 is 1.35 bits per heavy atom. The van der Waals surface area contributed by atoms with Gasteiger partial charge in [-0.25, -0.2) is 0 Å². The van der Waals surface area contributed by atoms with E-state index in [1.807, 2.05) is 0 Å². The number of aromatic nitrogens is 1. The van der Waals surface area contributed by atoms with Gasteiger partial charge in [-0.2, -0.15) is 0 Å². The average molecular weight is 514 g/mol. The standard InChI is InChI=1S/C21H18ClN3O7S.Na/c1-9-14(15(24-32-9)12-5-3-4-6-13(12)22)18(27)23-16-19(28)25-17(21(29)30)11(7-31-10(2)26)8-33-20(16)25;/h3-6,16,20H,7-8H2,1-2H3,(H,23,27)(H,29,30);/q;+1/p-1/t16-,20+;/m0./s1. The van der Waals surface area contributed by atoms with Gasteiger partial charge in [-0.05, 0) is 13.0 Å². The van der Waals surface area contributed by atoms with Gasteiger partial charge >= 0.3 is 35.5 Å². The van der Waals surface area contributed by atoms with E-state index in [4.69, 9.17) is 20.9 Å². The zero-order chi connectivity index (χ0) is 23.9. The van der Waals surface area contributed by atoms with Crippen molar-refractivity contribution < 1.29 is 63.1 Å². The summed E-state index contributed by atoms with van der Waals surface area (Å²) in [5.41, 5.74) is 0.761. The number of rotatable bonds is 6. The third kappa shape index (κ3) is 4.76. The monoisotopic (exact) mass is 513 g/mol. The van der Waals surface area contributed by atoms with Crippen molar-refractivity contribution in [2.75, 3.05) is 12.4 Å². The first kappa shape index (κ1) is 26.3. The van der Waals surface area contributed by atoms with E-state index >= 15 is 0 Å². The fraction of sp³-hybridized carbons (Fsp3) is 0.286. The molecule has 2 aliphatic heterocycles. The van der Waals surface area contributed by atoms with Gasteiger partial charge in [0.1, 0.15) is 35.0 Å². The number of hydrogen-bond donors (Lipinski definition) is 1. The Kier molecular flexibility index (Phi) is 8.14. The van der Waals surface area contributed by atoms with E-state index in [1.165, 1.54) is 18.7 Å². The minimum atomic E-state index is -1.56. The summed E-state index contributed by atoms with van der Waals surface area (Å²) in [5, 5.41) is 18.0. The molecule has 0 radical (unpaired) electrons. The van der Waals surface area contributed by atoms with Crippen LogP contribution in [0.5, 0.6) is 0 Å². The van der Waals surface area contributed by atoms with Crippen LogP contribution in [0.2, 0.25) is 5.02 Å². The third-order valence-electron chi connectivity index (χ3n) is 5.20. The Labute approximate surface area is 225 Å². The van der Waals surface area contributed by atoms with Crippen molar-refractivity contribution in [1.82, 2.24) is 15.4 Å². The van der Waals surface area contributed by atoms with Crippen LogP contribution in [0.3, 0.4) is 0 Å². The topological polar surface area (TPSA) is 142 Å². The Hall–Kier alpha value is -2.31. The molecule has 0 saturated carbocycles. The Bertz CT molecular complexity index is 1210. The quantitative estimate of drug-likeness (QED) is 0.261. The SMILES string of the molecule is CC(=O)OCC1=C(C(=O)[O-])N2C(=O)[C@H](NC(=O)c3c(-c4ccccc4Cl)noc3C)[C@H]2SC1.[Na+]. The van der Waals surface area contributed by atoms with Gasteiger partial charge < -0.3 is 24.5 Å². The summed E-state index contributed by atoms with van der Waals surface area (Å²) in [5.74, 6) is -2.93. The number of hydrogen-bond acceptors (Lipinski definition) is 9. The van der Waals surface area contributed by atoms with Gasteiger partial charge in [0.05, 0.1) is 16.7 Å². The number of fused-ring (bicyclic) bond motifs is 1. The van der Waals surface area contributed by atoms with Crippen LogP contribution in [0.15, 0.2) is 40.1 Å². The van der Waals surface area contributed by atoms with Crippen molar-refractivity contribution in [1.29, 1.82) is 0 Å². The molecule has 1 saturated heterocycles. The largest absolute Gasteiger partial charge is 1.00 e. The zero-order valence-corrected chi connectivity index (χ0v) is 22.0. The fourth-order valence-corrected chi connectivity index (χ4v) is 5.21. The second-order valence-electron chi connectivity index (χ2n) is 7.32. The van der Waals surface area contributed by atoms with Crippen molar-refractivity contribution in [2.24, 2.45) is 0 Å². The molecule has 34 heavy (non-hydrogen) atoms. The predicted molar refractivity (Wildman–Crippen MR) is 115 cm³/mol. The van der Waals surface area contributed by atoms with Gasteiger partial charge in [-0.1, -0.05) is 35.0 Å². The third-order valence-corrected chi connectivity index (χ3v) is 6.86. The van der Waals surface area contributed by atoms with E-state index in [2.05, 4.69) is 10.5 Å². The normalized spacial score (nSPS) is 19.0. The van der Waals surface area contributed by atoms with Crippen molar-refractivity contribution >= 4 is 47.1 Å². The number of aryl methyl sites for hydroxylation is 1. The molecule has 1 aromatic carbocycles. The summed E-state index contributed by atoms with van der Waals surface area (Å²) >= 11 is 7.47. The smallest absolute Gasteiger partial charge is 0.543 e. The Morgan fingerprint density at radius 3 is 2.71 bits per heavy atom. The van der Waals surface area contributed by atoms with Crippen LogP contribution >= 0.6 is 23.4 Å². The summed E-state index contributed by atoms with van der Waals surface area (Å²) in [6.07, 6.45) is 0. The second kappa shape index (κ2) is 10.5. The first-order chi connectivity index (χ1) is 15.7. The van der Waals surface area contributed by atoms with Crippen molar-refractivity contribution in [2.45, 2.75) is 25.3 Å². The molecule has 0 bridgehead atoms. The van der Waals surface area contributed by atoms with Gasteiger partial charge in [-0.3, -0.25) is 19.3 Å². The molecule has 2 aliphatic rings. The Morgan fingerprint density at radius 2 is 2.06 bits per heavy atom. The van der Waals surface area contributed by atoms with Crippen LogP contribution in [-0.2, 0) is 19.1 Å². The van der Waals surface area contributed by atoms with Crippen molar-refractivity contribution in [3.8, 4) is 11.3 Å². The molecule has 13 heteroatoms. The summed E-state index contributed by atoms with van der Waals surface area (Å²) in [4.78, 5) is 49.7. The zero-order valence-electron chi connectivity index (χ0n) is 18.4. The number of β-lactam (4-membered cyclic amide) rings is 1. The number of nitrogens with zero attached hydrogens (tertiary/aromatic N) is 2. The summed E-state index contributed by atoms with van der Waals surface area (Å²) in [6.45, 7) is 2.49. The number of carboxylic acids is 1. The number of thioether (sulfide) groups is 1. The summed E-state index contributed by atoms with van der Waals surface area (Å²) in [6, 6.07) is 5.83. The van der Waals surface area contributed by atoms with Crippen LogP contribution in [-0.4, -0.2) is 57.6 Å². The van der Waals surface area contributed by atoms with Gasteiger partial charge in [0.15, 0.2) is 0 Å². The second-order valence-corrected chi connectivity index (χ2v) is 8.84. The number of esters is 1. The van der Waals surface area contributed by atoms with E-state index in [0.29, 0.717) is 10.6 Å². The van der Waals surface area contributed by atoms with E-state index in [-0.39, 0.29) is 70.2 Å². The minimum absolute atomic E-state index is 0. The number of carbonyl (C=O) groups is 4. The number of benzene rings is 1. The molecule has 3 heterocycles. The van der Waals surface area contributed by atoms with Crippen molar-refractivity contribution in [3.63, 3.8) is 0 Å². The number of nitrogens with one attached hydrogen (secondary N) is 1. The molecular formula is C21H17ClN3NaO7S. The first-order valence-electron chi connectivity index (χ1n) is 9.74. The van der Waals surface area contributed by atoms with Crippen LogP contribution in [0.25, 0.3) is 11.3 Å². The molecular weight excluding hydrogens is 497 g/mol. The van der Waals surface area contributed by atoms with Crippen LogP contribution in [0, 0.1) is 6.92 Å². The molecule has 172 valence electrons. The fourth-order valence-electron chi connectivity index (χ4n) is 3.66. The predicted octanol–water partition coefficient (Wildman–Crippen LogP) is -2.11.